The number of carbonyl (C=O) groups is 9. The Morgan fingerprint density at radius 2 is 0.701 bits per heavy atom. The Morgan fingerprint density at radius 1 is 0.380 bits per heavy atom. The highest BCUT2D eigenvalue weighted by atomic mass is 32.2. The fourth-order valence-corrected chi connectivity index (χ4v) is 18.6. The second-order valence-corrected chi connectivity index (χ2v) is 37.6. The van der Waals surface area contributed by atoms with Crippen molar-refractivity contribution in [2.75, 3.05) is 213 Å². The first kappa shape index (κ1) is 97.3. The van der Waals surface area contributed by atoms with E-state index in [1.54, 1.807) is 43.7 Å². The second-order valence-electron chi connectivity index (χ2n) is 33.6. The third-order valence-electron chi connectivity index (χ3n) is 23.5. The SMILES string of the molecule is COCCN(C)c1cc(/C=C2\SC(=O)NC2=O)nc(N2CCN(c3ccc(C)cc3)CC2)n1.Cc1ccc(N2CCN(c3nc(/C=C4\SC(=O)NC4=O)cc(N(C)CCc4ccccc4)n3)CC2)cc1.Cc1ccc(N2CCN(c3nc(/C=C4\SC(=O)NC4=O)cc(N(C)Cc4ccccc4)n3)CC2)cc1.Cc1ccc(N2CCN(c3nccc(/C=C4\SC(=O)N(CC(N)=O)C4=O)n3)CC2)cc1. The smallest absolute Gasteiger partial charge is 0.294 e. The first-order valence-corrected chi connectivity index (χ1v) is 48.2. The molecule has 137 heavy (non-hydrogen) atoms. The van der Waals surface area contributed by atoms with Gasteiger partial charge in [0.1, 0.15) is 24.0 Å². The van der Waals surface area contributed by atoms with Crippen LogP contribution in [-0.2, 0) is 41.7 Å². The fourth-order valence-electron chi connectivity index (χ4n) is 15.8. The molecule has 18 rings (SSSR count). The predicted molar refractivity (Wildman–Crippen MR) is 547 cm³/mol. The molecule has 708 valence electrons. The van der Waals surface area contributed by atoms with Crippen molar-refractivity contribution in [3.63, 3.8) is 0 Å². The number of methoxy groups -OCH3 is 1. The Balaban J connectivity index is 0.000000139. The van der Waals surface area contributed by atoms with Crippen LogP contribution in [0.4, 0.5) is 83.2 Å². The average Bonchev–Trinajstić information content (AvgIpc) is 1.79. The molecule has 0 atom stereocenters. The Kier molecular flexibility index (Phi) is 32.6. The summed E-state index contributed by atoms with van der Waals surface area (Å²) < 4.78 is 5.20. The van der Waals surface area contributed by atoms with Gasteiger partial charge in [-0.15, -0.1) is 0 Å². The van der Waals surface area contributed by atoms with Gasteiger partial charge in [-0.2, -0.15) is 15.0 Å². The highest BCUT2D eigenvalue weighted by molar-refractivity contribution is 8.19. The monoisotopic (exact) mass is 1920 g/mol. The number of hydrogen-bond donors (Lipinski definition) is 4. The second kappa shape index (κ2) is 45.9. The zero-order valence-electron chi connectivity index (χ0n) is 77.5. The van der Waals surface area contributed by atoms with Gasteiger partial charge in [-0.3, -0.25) is 64.0 Å². The van der Waals surface area contributed by atoms with Crippen molar-refractivity contribution in [1.82, 2.24) is 60.7 Å². The zero-order valence-corrected chi connectivity index (χ0v) is 80.8. The van der Waals surface area contributed by atoms with Crippen LogP contribution in [0, 0.1) is 27.7 Å². The standard InChI is InChI=1S/C28H30N6O2S.C27H28N6O2S.C23H28N6O3S.C21H22N6O3S/c1-20-8-10-23(11-9-20)33-14-16-34(17-15-33)27-29-22(18-24-26(35)31-28(36)37-24)19-25(30-27)32(2)13-12-21-6-4-3-5-7-21;1-19-8-10-22(11-9-19)32-12-14-33(15-13-32)26-28-21(16-23-25(34)30-27(35)36-23)17-24(29-26)31(2)18-20-6-4-3-5-7-20;1-16-4-6-18(7-5-16)28-8-10-29(11-9-28)22-24-17(14-19-21(30)26-23(31)33-19)15-20(25-22)27(2)12-13-32-3;1-14-2-4-16(5-3-14)25-8-10-26(11-9-25)20-23-7-6-15(24-20)12-17-19(29)27(13-18(22)28)21(30)31-17/h3-11,18-19H,12-17H2,1-2H3,(H,31,35,36);3-11,16-17H,12-15,18H2,1-2H3,(H,30,34,35);4-7,14-15H,8-13H2,1-3H3,(H,26,30,31);2-7,12H,8-11,13H2,1H3,(H2,22,28)/b24-18-;23-16-;19-14-;17-12-. The van der Waals surface area contributed by atoms with E-state index in [0.29, 0.717) is 81.0 Å². The third kappa shape index (κ3) is 26.5. The van der Waals surface area contributed by atoms with Gasteiger partial charge in [0.05, 0.1) is 49.0 Å². The van der Waals surface area contributed by atoms with Gasteiger partial charge >= 0.3 is 0 Å². The summed E-state index contributed by atoms with van der Waals surface area (Å²) in [4.78, 5) is 171. The molecule has 4 aromatic heterocycles. The quantitative estimate of drug-likeness (QED) is 0.0386. The molecule has 0 saturated carbocycles. The molecule has 0 radical (unpaired) electrons. The first-order valence-electron chi connectivity index (χ1n) is 45.0. The lowest BCUT2D eigenvalue weighted by atomic mass is 10.1. The summed E-state index contributed by atoms with van der Waals surface area (Å²) >= 11 is 3.44. The maximum Gasteiger partial charge on any atom is 0.294 e. The fraction of sp³-hybridized carbons (Fsp3) is 0.303. The van der Waals surface area contributed by atoms with E-state index in [9.17, 15) is 43.2 Å². The largest absolute Gasteiger partial charge is 0.383 e. The summed E-state index contributed by atoms with van der Waals surface area (Å²) in [5, 5.41) is 5.29. The molecular formula is C99H108N24O10S4. The number of likely N-dealkylation sites (N-methyl/N-ethyl adjacent to an activating group) is 2. The van der Waals surface area contributed by atoms with E-state index in [1.807, 2.05) is 80.6 Å². The van der Waals surface area contributed by atoms with E-state index >= 15 is 0 Å². The van der Waals surface area contributed by atoms with Crippen LogP contribution in [0.15, 0.2) is 208 Å². The highest BCUT2D eigenvalue weighted by Gasteiger charge is 2.37. The number of amides is 9. The molecular weight excluding hydrogens is 1810 g/mol. The summed E-state index contributed by atoms with van der Waals surface area (Å²) in [6.07, 6.45) is 9.04. The summed E-state index contributed by atoms with van der Waals surface area (Å²) in [5.41, 5.74) is 19.7. The number of hydrogen-bond acceptors (Lipinski definition) is 33. The van der Waals surface area contributed by atoms with E-state index in [0.717, 1.165) is 187 Å². The number of aromatic nitrogens is 8. The molecule has 10 aromatic rings. The van der Waals surface area contributed by atoms with Gasteiger partial charge in [0.25, 0.3) is 44.6 Å². The van der Waals surface area contributed by atoms with Gasteiger partial charge < -0.3 is 64.4 Å². The molecule has 0 unspecified atom stereocenters. The minimum absolute atomic E-state index is 0.208. The van der Waals surface area contributed by atoms with Gasteiger partial charge in [0.2, 0.25) is 29.7 Å². The average molecular weight is 1920 g/mol. The molecule has 6 aromatic carbocycles. The van der Waals surface area contributed by atoms with E-state index < -0.39 is 35.4 Å². The summed E-state index contributed by atoms with van der Waals surface area (Å²) in [6.45, 7) is 23.7. The first-order chi connectivity index (χ1) is 66.2. The Bertz CT molecular complexity index is 6180. The van der Waals surface area contributed by atoms with E-state index in [-0.39, 0.29) is 26.5 Å². The maximum atomic E-state index is 12.4. The van der Waals surface area contributed by atoms with Crippen LogP contribution in [0.2, 0.25) is 0 Å². The number of nitrogens with one attached hydrogen (secondary N) is 3. The molecule has 8 fully saturated rings. The summed E-state index contributed by atoms with van der Waals surface area (Å²) in [6, 6.07) is 62.1. The zero-order chi connectivity index (χ0) is 96.2. The lowest BCUT2D eigenvalue weighted by molar-refractivity contribution is -0.127. The minimum atomic E-state index is -0.738. The molecule has 38 heteroatoms. The molecule has 0 spiro atoms. The Morgan fingerprint density at radius 3 is 1.04 bits per heavy atom. The molecule has 8 aliphatic rings. The maximum absolute atomic E-state index is 12.4. The number of anilines is 11. The number of thioether (sulfide) groups is 4. The van der Waals surface area contributed by atoms with Crippen LogP contribution in [0.25, 0.3) is 24.3 Å². The molecule has 0 aliphatic carbocycles. The molecule has 9 amide bonds. The van der Waals surface area contributed by atoms with Gasteiger partial charge in [0, 0.05) is 200 Å². The number of aryl methyl sites for hydroxylation is 4. The Hall–Kier alpha value is -14.2. The number of nitrogens with two attached hydrogens (primary N) is 1. The lowest BCUT2D eigenvalue weighted by Gasteiger charge is -2.36. The Labute approximate surface area is 812 Å². The van der Waals surface area contributed by atoms with Crippen molar-refractivity contribution in [2.24, 2.45) is 5.73 Å². The summed E-state index contributed by atoms with van der Waals surface area (Å²) in [5.74, 6) is 2.26. The van der Waals surface area contributed by atoms with Crippen LogP contribution in [-0.4, -0.2) is 254 Å². The summed E-state index contributed by atoms with van der Waals surface area (Å²) in [7, 11) is 7.61. The van der Waals surface area contributed by atoms with Crippen molar-refractivity contribution >= 4 is 186 Å². The predicted octanol–water partition coefficient (Wildman–Crippen LogP) is 12.3. The number of imide groups is 4. The van der Waals surface area contributed by atoms with Crippen LogP contribution < -0.4 is 75.6 Å². The molecule has 8 saturated heterocycles. The number of nitrogens with zero attached hydrogens (tertiary/aromatic N) is 20. The van der Waals surface area contributed by atoms with Crippen molar-refractivity contribution in [3.05, 3.63) is 264 Å². The minimum Gasteiger partial charge on any atom is -0.383 e. The highest BCUT2D eigenvalue weighted by Crippen LogP contribution is 2.36. The van der Waals surface area contributed by atoms with Crippen LogP contribution in [0.3, 0.4) is 0 Å². The number of ether oxygens (including phenoxy) is 1. The third-order valence-corrected chi connectivity index (χ3v) is 26.9. The van der Waals surface area contributed by atoms with Crippen LogP contribution in [0.1, 0.15) is 56.2 Å². The van der Waals surface area contributed by atoms with Crippen molar-refractivity contribution in [1.29, 1.82) is 0 Å². The van der Waals surface area contributed by atoms with Crippen molar-refractivity contribution in [2.45, 2.75) is 40.7 Å². The number of piperazine rings is 4. The van der Waals surface area contributed by atoms with E-state index in [2.05, 4.69) is 224 Å². The van der Waals surface area contributed by atoms with E-state index in [1.165, 1.54) is 56.1 Å². The van der Waals surface area contributed by atoms with E-state index in [4.69, 9.17) is 40.4 Å². The molecule has 5 N–H and O–H groups in total. The van der Waals surface area contributed by atoms with Crippen LogP contribution in [0.5, 0.6) is 0 Å². The molecule has 34 nitrogen and oxygen atoms in total. The molecule has 0 bridgehead atoms. The van der Waals surface area contributed by atoms with Gasteiger partial charge in [-0.05, 0) is 171 Å². The van der Waals surface area contributed by atoms with Crippen molar-refractivity contribution < 1.29 is 47.9 Å². The molecule has 12 heterocycles. The topological polar surface area (TPSA) is 367 Å². The van der Waals surface area contributed by atoms with Gasteiger partial charge in [-0.25, -0.2) is 24.9 Å². The van der Waals surface area contributed by atoms with Gasteiger partial charge in [-0.1, -0.05) is 131 Å². The normalized spacial score (nSPS) is 17.4. The number of carbonyl (C=O) groups excluding carboxylic acids is 9. The number of rotatable bonds is 25. The van der Waals surface area contributed by atoms with Gasteiger partial charge in [0.15, 0.2) is 0 Å². The van der Waals surface area contributed by atoms with Crippen LogP contribution >= 0.6 is 47.0 Å². The lowest BCUT2D eigenvalue weighted by Crippen LogP contribution is -2.47. The number of primary amides is 1. The van der Waals surface area contributed by atoms with Crippen molar-refractivity contribution in [3.8, 4) is 0 Å². The molecule has 8 aliphatic heterocycles. The number of benzene rings is 6.